The minimum Gasteiger partial charge on any atom is -0.454 e. The second-order valence-electron chi connectivity index (χ2n) is 5.68. The second-order valence-corrected chi connectivity index (χ2v) is 6.54. The highest BCUT2D eigenvalue weighted by atomic mass is 79.9. The van der Waals surface area contributed by atoms with Crippen LogP contribution in [0, 0.1) is 0 Å². The highest BCUT2D eigenvalue weighted by Crippen LogP contribution is 2.39. The molecule has 26 heavy (non-hydrogen) atoms. The number of amides is 1. The molecule has 8 heteroatoms. The molecular formula is C18H18BrNO6. The Balaban J connectivity index is 1.51. The highest BCUT2D eigenvalue weighted by molar-refractivity contribution is 9.10. The average Bonchev–Trinajstić information content (AvgIpc) is 3.11. The number of fused-ring (bicyclic) bond motifs is 1. The third-order valence-corrected chi connectivity index (χ3v) is 4.53. The number of aliphatic hydroxyl groups is 2. The zero-order valence-corrected chi connectivity index (χ0v) is 15.3. The van der Waals surface area contributed by atoms with Crippen LogP contribution in [0.3, 0.4) is 0 Å². The summed E-state index contributed by atoms with van der Waals surface area (Å²) in [4.78, 5) is 11.7. The standard InChI is InChI=1S/C18H18BrNO6/c19-13-7-16-15(25-10-26-16)6-12(13)17(22)14(21)8-20-18(23)24-9-11-4-2-1-3-5-11/h1-7,14,17,21-22H,8-10H2,(H,20,23). The number of nitrogens with one attached hydrogen (secondary N) is 1. The van der Waals surface area contributed by atoms with Crippen molar-refractivity contribution in [3.05, 3.63) is 58.1 Å². The molecule has 0 radical (unpaired) electrons. The van der Waals surface area contributed by atoms with Gasteiger partial charge in [-0.05, 0) is 17.7 Å². The van der Waals surface area contributed by atoms with Gasteiger partial charge in [0.25, 0.3) is 0 Å². The molecular weight excluding hydrogens is 406 g/mol. The fourth-order valence-electron chi connectivity index (χ4n) is 2.44. The van der Waals surface area contributed by atoms with Crippen LogP contribution in [0.4, 0.5) is 4.79 Å². The summed E-state index contributed by atoms with van der Waals surface area (Å²) in [5, 5.41) is 23.0. The minimum atomic E-state index is -1.23. The number of carbonyl (C=O) groups is 1. The quantitative estimate of drug-likeness (QED) is 0.660. The molecule has 2 unspecified atom stereocenters. The largest absolute Gasteiger partial charge is 0.454 e. The molecule has 2 aromatic rings. The highest BCUT2D eigenvalue weighted by Gasteiger charge is 2.25. The molecule has 1 heterocycles. The average molecular weight is 424 g/mol. The molecule has 0 spiro atoms. The Morgan fingerprint density at radius 3 is 2.62 bits per heavy atom. The van der Waals surface area contributed by atoms with E-state index in [-0.39, 0.29) is 19.9 Å². The number of ether oxygens (including phenoxy) is 3. The Kier molecular flexibility index (Phi) is 5.97. The van der Waals surface area contributed by atoms with Crippen LogP contribution in [0.15, 0.2) is 46.9 Å². The van der Waals surface area contributed by atoms with Gasteiger partial charge in [-0.25, -0.2) is 4.79 Å². The van der Waals surface area contributed by atoms with Crippen molar-refractivity contribution in [2.75, 3.05) is 13.3 Å². The van der Waals surface area contributed by atoms with E-state index in [1.165, 1.54) is 0 Å². The lowest BCUT2D eigenvalue weighted by Gasteiger charge is -2.20. The van der Waals surface area contributed by atoms with Crippen molar-refractivity contribution < 1.29 is 29.2 Å². The Labute approximate surface area is 158 Å². The van der Waals surface area contributed by atoms with Crippen molar-refractivity contribution in [2.24, 2.45) is 0 Å². The normalized spacial score (nSPS) is 14.6. The van der Waals surface area contributed by atoms with Crippen LogP contribution in [0.2, 0.25) is 0 Å². The molecule has 0 bridgehead atoms. The van der Waals surface area contributed by atoms with E-state index in [1.54, 1.807) is 12.1 Å². The van der Waals surface area contributed by atoms with Gasteiger partial charge >= 0.3 is 6.09 Å². The zero-order chi connectivity index (χ0) is 18.5. The first-order valence-electron chi connectivity index (χ1n) is 7.94. The van der Waals surface area contributed by atoms with Gasteiger partial charge < -0.3 is 29.7 Å². The third-order valence-electron chi connectivity index (χ3n) is 3.84. The minimum absolute atomic E-state index is 0.110. The summed E-state index contributed by atoms with van der Waals surface area (Å²) in [6, 6.07) is 12.5. The SMILES string of the molecule is O=C(NCC(O)C(O)c1cc2c(cc1Br)OCO2)OCc1ccccc1. The van der Waals surface area contributed by atoms with Gasteiger partial charge in [0, 0.05) is 16.6 Å². The number of hydrogen-bond donors (Lipinski definition) is 3. The van der Waals surface area contributed by atoms with Crippen LogP contribution in [-0.2, 0) is 11.3 Å². The number of rotatable bonds is 6. The maximum Gasteiger partial charge on any atom is 0.407 e. The first-order valence-corrected chi connectivity index (χ1v) is 8.73. The molecule has 0 aromatic heterocycles. The predicted molar refractivity (Wildman–Crippen MR) is 95.9 cm³/mol. The monoisotopic (exact) mass is 423 g/mol. The van der Waals surface area contributed by atoms with E-state index in [4.69, 9.17) is 14.2 Å². The molecule has 0 aliphatic carbocycles. The van der Waals surface area contributed by atoms with Gasteiger partial charge in [-0.2, -0.15) is 0 Å². The summed E-state index contributed by atoms with van der Waals surface area (Å²) in [6.45, 7) is 0.0629. The second kappa shape index (κ2) is 8.39. The van der Waals surface area contributed by atoms with E-state index in [2.05, 4.69) is 21.2 Å². The Hall–Kier alpha value is -2.29. The predicted octanol–water partition coefficient (Wildman–Crippen LogP) is 2.50. The van der Waals surface area contributed by atoms with Crippen LogP contribution >= 0.6 is 15.9 Å². The van der Waals surface area contributed by atoms with Gasteiger partial charge in [-0.1, -0.05) is 46.3 Å². The number of halogens is 1. The fraction of sp³-hybridized carbons (Fsp3) is 0.278. The van der Waals surface area contributed by atoms with Crippen LogP contribution < -0.4 is 14.8 Å². The summed E-state index contributed by atoms with van der Waals surface area (Å²) in [5.41, 5.74) is 1.29. The lowest BCUT2D eigenvalue weighted by Crippen LogP contribution is -2.35. The fourth-order valence-corrected chi connectivity index (χ4v) is 3.00. The topological polar surface area (TPSA) is 97.3 Å². The summed E-state index contributed by atoms with van der Waals surface area (Å²) >= 11 is 3.33. The lowest BCUT2D eigenvalue weighted by molar-refractivity contribution is 0.0179. The van der Waals surface area contributed by atoms with Crippen molar-refractivity contribution in [1.82, 2.24) is 5.32 Å². The van der Waals surface area contributed by atoms with Crippen LogP contribution in [0.5, 0.6) is 11.5 Å². The van der Waals surface area contributed by atoms with Crippen molar-refractivity contribution in [3.63, 3.8) is 0 Å². The van der Waals surface area contributed by atoms with E-state index in [0.29, 0.717) is 21.5 Å². The smallest absolute Gasteiger partial charge is 0.407 e. The Bertz CT molecular complexity index is 770. The molecule has 0 saturated carbocycles. The molecule has 7 nitrogen and oxygen atoms in total. The summed E-state index contributed by atoms with van der Waals surface area (Å²) in [5.74, 6) is 1.05. The molecule has 2 atom stereocenters. The first kappa shape index (κ1) is 18.5. The molecule has 138 valence electrons. The van der Waals surface area contributed by atoms with Crippen LogP contribution in [0.25, 0.3) is 0 Å². The molecule has 3 rings (SSSR count). The van der Waals surface area contributed by atoms with Crippen molar-refractivity contribution in [1.29, 1.82) is 0 Å². The zero-order valence-electron chi connectivity index (χ0n) is 13.7. The molecule has 3 N–H and O–H groups in total. The van der Waals surface area contributed by atoms with Crippen LogP contribution in [-0.4, -0.2) is 35.7 Å². The van der Waals surface area contributed by atoms with Crippen molar-refractivity contribution >= 4 is 22.0 Å². The van der Waals surface area contributed by atoms with E-state index in [0.717, 1.165) is 5.56 Å². The van der Waals surface area contributed by atoms with E-state index >= 15 is 0 Å². The molecule has 0 saturated heterocycles. The lowest BCUT2D eigenvalue weighted by atomic mass is 10.0. The van der Waals surface area contributed by atoms with Crippen molar-refractivity contribution in [2.45, 2.75) is 18.8 Å². The van der Waals surface area contributed by atoms with E-state index in [1.807, 2.05) is 30.3 Å². The van der Waals surface area contributed by atoms with Gasteiger partial charge in [0.2, 0.25) is 6.79 Å². The van der Waals surface area contributed by atoms with Crippen LogP contribution in [0.1, 0.15) is 17.2 Å². The molecule has 1 aliphatic rings. The van der Waals surface area contributed by atoms with Gasteiger partial charge in [0.1, 0.15) is 18.8 Å². The Morgan fingerprint density at radius 1 is 1.19 bits per heavy atom. The summed E-state index contributed by atoms with van der Waals surface area (Å²) in [6.07, 6.45) is -3.13. The number of hydrogen-bond acceptors (Lipinski definition) is 6. The molecule has 0 fully saturated rings. The van der Waals surface area contributed by atoms with Gasteiger partial charge in [0.15, 0.2) is 11.5 Å². The van der Waals surface area contributed by atoms with E-state index < -0.39 is 18.3 Å². The van der Waals surface area contributed by atoms with E-state index in [9.17, 15) is 15.0 Å². The third kappa shape index (κ3) is 4.46. The number of carbonyl (C=O) groups excluding carboxylic acids is 1. The molecule has 1 amide bonds. The van der Waals surface area contributed by atoms with Gasteiger partial charge in [-0.15, -0.1) is 0 Å². The summed E-state index contributed by atoms with van der Waals surface area (Å²) < 4.78 is 16.1. The number of aliphatic hydroxyl groups excluding tert-OH is 2. The first-order chi connectivity index (χ1) is 12.5. The number of alkyl carbamates (subject to hydrolysis) is 1. The summed E-state index contributed by atoms with van der Waals surface area (Å²) in [7, 11) is 0. The van der Waals surface area contributed by atoms with Gasteiger partial charge in [-0.3, -0.25) is 0 Å². The van der Waals surface area contributed by atoms with Gasteiger partial charge in [0.05, 0.1) is 0 Å². The molecule has 1 aliphatic heterocycles. The maximum atomic E-state index is 11.7. The number of benzene rings is 2. The van der Waals surface area contributed by atoms with Crippen molar-refractivity contribution in [3.8, 4) is 11.5 Å². The molecule has 2 aromatic carbocycles. The Morgan fingerprint density at radius 2 is 1.88 bits per heavy atom. The maximum absolute atomic E-state index is 11.7.